The zero-order valence-electron chi connectivity index (χ0n) is 11.1. The number of fused-ring (bicyclic) bond motifs is 1. The molecule has 0 aliphatic carbocycles. The van der Waals surface area contributed by atoms with E-state index in [1.807, 2.05) is 10.6 Å². The summed E-state index contributed by atoms with van der Waals surface area (Å²) in [6.07, 6.45) is -0.737. The van der Waals surface area contributed by atoms with Gasteiger partial charge in [-0.05, 0) is 25.1 Å². The number of hydrogen-bond acceptors (Lipinski definition) is 5. The second-order valence-electron chi connectivity index (χ2n) is 4.56. The number of anilines is 1. The molecule has 6 heteroatoms. The lowest BCUT2D eigenvalue weighted by Gasteiger charge is -2.20. The Kier molecular flexibility index (Phi) is 4.04. The Labute approximate surface area is 111 Å². The minimum Gasteiger partial charge on any atom is -0.399 e. The molecule has 1 aromatic heterocycles. The van der Waals surface area contributed by atoms with Crippen molar-refractivity contribution in [3.05, 3.63) is 24.0 Å². The van der Waals surface area contributed by atoms with Gasteiger partial charge in [-0.3, -0.25) is 0 Å². The molecular weight excluding hydrogens is 246 g/mol. The number of nitrogens with zero attached hydrogens (tertiary/aromatic N) is 2. The summed E-state index contributed by atoms with van der Waals surface area (Å²) in [6, 6.07) is 5.07. The summed E-state index contributed by atoms with van der Waals surface area (Å²) in [7, 11) is 1.57. The van der Waals surface area contributed by atoms with Gasteiger partial charge in [0.25, 0.3) is 0 Å². The first-order valence-corrected chi connectivity index (χ1v) is 6.13. The molecule has 0 aliphatic heterocycles. The van der Waals surface area contributed by atoms with E-state index in [-0.39, 0.29) is 12.6 Å². The van der Waals surface area contributed by atoms with Crippen LogP contribution in [0, 0.1) is 0 Å². The lowest BCUT2D eigenvalue weighted by Crippen LogP contribution is -2.21. The molecule has 2 atom stereocenters. The van der Waals surface area contributed by atoms with E-state index >= 15 is 0 Å². The highest BCUT2D eigenvalue weighted by atomic mass is 16.5. The van der Waals surface area contributed by atoms with Crippen LogP contribution in [0.25, 0.3) is 11.0 Å². The van der Waals surface area contributed by atoms with Crippen molar-refractivity contribution in [3.8, 4) is 0 Å². The molecule has 0 bridgehead atoms. The van der Waals surface area contributed by atoms with E-state index in [4.69, 9.17) is 10.5 Å². The molecule has 0 amide bonds. The number of hydrogen-bond donors (Lipinski definition) is 3. The van der Waals surface area contributed by atoms with Crippen LogP contribution in [0.1, 0.15) is 24.9 Å². The Balaban J connectivity index is 2.63. The number of nitrogen functional groups attached to an aromatic ring is 1. The summed E-state index contributed by atoms with van der Waals surface area (Å²) < 4.78 is 6.92. The van der Waals surface area contributed by atoms with Gasteiger partial charge < -0.3 is 25.3 Å². The van der Waals surface area contributed by atoms with Crippen LogP contribution in [0.4, 0.5) is 5.69 Å². The van der Waals surface area contributed by atoms with E-state index in [2.05, 4.69) is 4.98 Å². The van der Waals surface area contributed by atoms with Gasteiger partial charge in [-0.1, -0.05) is 0 Å². The van der Waals surface area contributed by atoms with E-state index < -0.39 is 6.10 Å². The van der Waals surface area contributed by atoms with E-state index in [0.29, 0.717) is 23.6 Å². The topological polar surface area (TPSA) is 93.5 Å². The molecule has 2 rings (SSSR count). The van der Waals surface area contributed by atoms with Crippen LogP contribution in [-0.2, 0) is 4.74 Å². The summed E-state index contributed by atoms with van der Waals surface area (Å²) in [4.78, 5) is 4.39. The van der Waals surface area contributed by atoms with Crippen LogP contribution in [0.5, 0.6) is 0 Å². The summed E-state index contributed by atoms with van der Waals surface area (Å²) in [5.74, 6) is 0.497. The first-order valence-electron chi connectivity index (χ1n) is 6.13. The molecule has 2 aromatic rings. The molecule has 0 saturated heterocycles. The van der Waals surface area contributed by atoms with E-state index in [0.717, 1.165) is 5.52 Å². The van der Waals surface area contributed by atoms with E-state index in [1.54, 1.807) is 26.2 Å². The molecule has 0 radical (unpaired) electrons. The van der Waals surface area contributed by atoms with Crippen molar-refractivity contribution in [2.24, 2.45) is 0 Å². The molecule has 0 aliphatic rings. The summed E-state index contributed by atoms with van der Waals surface area (Å²) in [5, 5.41) is 19.4. The van der Waals surface area contributed by atoms with Crippen molar-refractivity contribution >= 4 is 16.7 Å². The fraction of sp³-hybridized carbons (Fsp3) is 0.462. The molecule has 6 nitrogen and oxygen atoms in total. The number of nitrogens with two attached hydrogens (primary N) is 1. The Hall–Kier alpha value is -1.63. The number of aliphatic hydroxyl groups is 2. The number of rotatable bonds is 5. The molecule has 104 valence electrons. The van der Waals surface area contributed by atoms with Crippen LogP contribution in [0.3, 0.4) is 0 Å². The molecule has 1 aromatic carbocycles. The minimum atomic E-state index is -0.737. The van der Waals surface area contributed by atoms with Gasteiger partial charge in [0.2, 0.25) is 0 Å². The van der Waals surface area contributed by atoms with Crippen LogP contribution < -0.4 is 5.73 Å². The van der Waals surface area contributed by atoms with Gasteiger partial charge >= 0.3 is 0 Å². The van der Waals surface area contributed by atoms with Crippen LogP contribution in [0.15, 0.2) is 18.2 Å². The number of aromatic nitrogens is 2. The zero-order valence-corrected chi connectivity index (χ0v) is 11.1. The Morgan fingerprint density at radius 1 is 1.47 bits per heavy atom. The summed E-state index contributed by atoms with van der Waals surface area (Å²) in [6.45, 7) is 1.89. The maximum Gasteiger partial charge on any atom is 0.138 e. The fourth-order valence-corrected chi connectivity index (χ4v) is 2.21. The predicted molar refractivity (Wildman–Crippen MR) is 72.8 cm³/mol. The third-order valence-electron chi connectivity index (χ3n) is 3.05. The lowest BCUT2D eigenvalue weighted by molar-refractivity contribution is 0.107. The largest absolute Gasteiger partial charge is 0.399 e. The summed E-state index contributed by atoms with van der Waals surface area (Å²) >= 11 is 0. The average Bonchev–Trinajstić information content (AvgIpc) is 2.74. The third kappa shape index (κ3) is 2.56. The molecular formula is C13H19N3O3. The Bertz CT molecular complexity index is 566. The van der Waals surface area contributed by atoms with Crippen LogP contribution >= 0.6 is 0 Å². The smallest absolute Gasteiger partial charge is 0.138 e. The quantitative estimate of drug-likeness (QED) is 0.697. The standard InChI is InChI=1S/C13H19N3O3/c1-8(18)13-15-11-5-9(14)3-4-12(11)16(13)10(6-17)7-19-2/h3-5,8,10,17-18H,6-7,14H2,1-2H3. The molecule has 19 heavy (non-hydrogen) atoms. The highest BCUT2D eigenvalue weighted by molar-refractivity contribution is 5.80. The minimum absolute atomic E-state index is 0.0939. The number of ether oxygens (including phenoxy) is 1. The van der Waals surface area contributed by atoms with Gasteiger partial charge in [-0.25, -0.2) is 4.98 Å². The highest BCUT2D eigenvalue weighted by Crippen LogP contribution is 2.26. The first kappa shape index (κ1) is 13.8. The molecule has 4 N–H and O–H groups in total. The predicted octanol–water partition coefficient (Wildman–Crippen LogP) is 0.852. The van der Waals surface area contributed by atoms with Crippen LogP contribution in [-0.4, -0.2) is 40.1 Å². The van der Waals surface area contributed by atoms with Gasteiger partial charge in [0, 0.05) is 12.8 Å². The number of aliphatic hydroxyl groups excluding tert-OH is 2. The number of methoxy groups -OCH3 is 1. The Morgan fingerprint density at radius 2 is 2.21 bits per heavy atom. The second kappa shape index (κ2) is 5.56. The van der Waals surface area contributed by atoms with Crippen molar-refractivity contribution in [1.82, 2.24) is 9.55 Å². The van der Waals surface area contributed by atoms with Gasteiger partial charge in [0.15, 0.2) is 0 Å². The number of benzene rings is 1. The van der Waals surface area contributed by atoms with E-state index in [9.17, 15) is 10.2 Å². The van der Waals surface area contributed by atoms with Crippen molar-refractivity contribution in [1.29, 1.82) is 0 Å². The summed E-state index contributed by atoms with van der Waals surface area (Å²) in [5.41, 5.74) is 7.87. The maximum atomic E-state index is 9.85. The van der Waals surface area contributed by atoms with Crippen molar-refractivity contribution in [3.63, 3.8) is 0 Å². The second-order valence-corrected chi connectivity index (χ2v) is 4.56. The third-order valence-corrected chi connectivity index (χ3v) is 3.05. The molecule has 0 spiro atoms. The van der Waals surface area contributed by atoms with Crippen molar-refractivity contribution < 1.29 is 14.9 Å². The number of imidazole rings is 1. The van der Waals surface area contributed by atoms with Crippen molar-refractivity contribution in [2.45, 2.75) is 19.1 Å². The monoisotopic (exact) mass is 265 g/mol. The zero-order chi connectivity index (χ0) is 14.0. The van der Waals surface area contributed by atoms with Crippen molar-refractivity contribution in [2.75, 3.05) is 26.1 Å². The molecule has 1 heterocycles. The van der Waals surface area contributed by atoms with Gasteiger partial charge in [-0.15, -0.1) is 0 Å². The van der Waals surface area contributed by atoms with Crippen LogP contribution in [0.2, 0.25) is 0 Å². The van der Waals surface area contributed by atoms with Gasteiger partial charge in [-0.2, -0.15) is 0 Å². The van der Waals surface area contributed by atoms with E-state index in [1.165, 1.54) is 0 Å². The average molecular weight is 265 g/mol. The fourth-order valence-electron chi connectivity index (χ4n) is 2.21. The highest BCUT2D eigenvalue weighted by Gasteiger charge is 2.21. The first-order chi connectivity index (χ1) is 9.08. The molecule has 2 unspecified atom stereocenters. The lowest BCUT2D eigenvalue weighted by atomic mass is 10.2. The Morgan fingerprint density at radius 3 is 2.79 bits per heavy atom. The molecule has 0 fully saturated rings. The SMILES string of the molecule is COCC(CO)n1c(C(C)O)nc2cc(N)ccc21. The maximum absolute atomic E-state index is 9.85. The normalized spacial score (nSPS) is 14.7. The van der Waals surface area contributed by atoms with Gasteiger partial charge in [0.05, 0.1) is 30.3 Å². The molecule has 0 saturated carbocycles. The van der Waals surface area contributed by atoms with Gasteiger partial charge in [0.1, 0.15) is 11.9 Å².